The number of rotatable bonds is 4. The topological polar surface area (TPSA) is 58.2 Å². The minimum absolute atomic E-state index is 0.253. The zero-order valence-electron chi connectivity index (χ0n) is 13.7. The summed E-state index contributed by atoms with van der Waals surface area (Å²) in [6.45, 7) is 3.83. The van der Waals surface area contributed by atoms with Gasteiger partial charge in [-0.3, -0.25) is 9.59 Å². The van der Waals surface area contributed by atoms with Gasteiger partial charge in [-0.25, -0.2) is 0 Å². The minimum atomic E-state index is -0.976. The van der Waals surface area contributed by atoms with Gasteiger partial charge in [0.2, 0.25) is 11.8 Å². The molecule has 0 atom stereocenters. The number of amides is 2. The van der Waals surface area contributed by atoms with Crippen molar-refractivity contribution in [1.82, 2.24) is 0 Å². The highest BCUT2D eigenvalue weighted by molar-refractivity contribution is 6.30. The summed E-state index contributed by atoms with van der Waals surface area (Å²) in [7, 11) is 0. The maximum atomic E-state index is 12.6. The second-order valence-corrected chi connectivity index (χ2v) is 6.76. The van der Waals surface area contributed by atoms with E-state index in [1.165, 1.54) is 0 Å². The van der Waals surface area contributed by atoms with Crippen molar-refractivity contribution >= 4 is 34.8 Å². The molecule has 0 spiro atoms. The molecule has 3 rings (SSSR count). The molecule has 1 saturated carbocycles. The molecule has 1 fully saturated rings. The lowest BCUT2D eigenvalue weighted by molar-refractivity contribution is -0.131. The van der Waals surface area contributed by atoms with Crippen LogP contribution in [0.3, 0.4) is 0 Å². The first-order chi connectivity index (χ1) is 11.4. The number of anilines is 2. The van der Waals surface area contributed by atoms with E-state index in [1.807, 2.05) is 38.1 Å². The van der Waals surface area contributed by atoms with E-state index in [2.05, 4.69) is 10.6 Å². The van der Waals surface area contributed by atoms with Crippen molar-refractivity contribution in [3.8, 4) is 0 Å². The van der Waals surface area contributed by atoms with Crippen LogP contribution >= 0.6 is 11.6 Å². The number of aryl methyl sites for hydroxylation is 2. The minimum Gasteiger partial charge on any atom is -0.325 e. The number of halogens is 1. The van der Waals surface area contributed by atoms with E-state index < -0.39 is 5.41 Å². The van der Waals surface area contributed by atoms with Crippen molar-refractivity contribution in [2.24, 2.45) is 5.41 Å². The van der Waals surface area contributed by atoms with Gasteiger partial charge in [0, 0.05) is 16.4 Å². The third kappa shape index (κ3) is 3.29. The van der Waals surface area contributed by atoms with Crippen LogP contribution in [0, 0.1) is 19.3 Å². The van der Waals surface area contributed by atoms with Gasteiger partial charge in [0.25, 0.3) is 0 Å². The molecule has 5 heteroatoms. The van der Waals surface area contributed by atoms with Gasteiger partial charge in [-0.05, 0) is 68.1 Å². The highest BCUT2D eigenvalue weighted by Crippen LogP contribution is 2.47. The highest BCUT2D eigenvalue weighted by atomic mass is 35.5. The molecule has 4 nitrogen and oxygen atoms in total. The van der Waals surface area contributed by atoms with Crippen molar-refractivity contribution < 1.29 is 9.59 Å². The summed E-state index contributed by atoms with van der Waals surface area (Å²) in [6.07, 6.45) is 1.12. The van der Waals surface area contributed by atoms with Crippen molar-refractivity contribution in [3.63, 3.8) is 0 Å². The Hall–Kier alpha value is -2.33. The highest BCUT2D eigenvalue weighted by Gasteiger charge is 2.56. The molecule has 1 aliphatic carbocycles. The molecule has 0 aromatic heterocycles. The van der Waals surface area contributed by atoms with Crippen LogP contribution in [-0.4, -0.2) is 11.8 Å². The SMILES string of the molecule is Cc1cccc(NC(=O)C2(C(=O)Nc3ccc(Cl)cc3C)CC2)c1. The Morgan fingerprint density at radius 1 is 1.00 bits per heavy atom. The van der Waals surface area contributed by atoms with E-state index in [0.29, 0.717) is 29.2 Å². The summed E-state index contributed by atoms with van der Waals surface area (Å²) in [4.78, 5) is 25.2. The maximum Gasteiger partial charge on any atom is 0.240 e. The summed E-state index contributed by atoms with van der Waals surface area (Å²) in [5.41, 5.74) is 2.33. The zero-order chi connectivity index (χ0) is 17.3. The molecule has 2 aromatic carbocycles. The first kappa shape index (κ1) is 16.5. The van der Waals surface area contributed by atoms with Gasteiger partial charge in [0.1, 0.15) is 5.41 Å². The Morgan fingerprint density at radius 3 is 2.33 bits per heavy atom. The lowest BCUT2D eigenvalue weighted by Crippen LogP contribution is -2.35. The molecule has 0 radical (unpaired) electrons. The largest absolute Gasteiger partial charge is 0.325 e. The molecular weight excluding hydrogens is 324 g/mol. The Bertz CT molecular complexity index is 813. The van der Waals surface area contributed by atoms with Gasteiger partial charge < -0.3 is 10.6 Å². The lowest BCUT2D eigenvalue weighted by Gasteiger charge is -2.17. The van der Waals surface area contributed by atoms with Gasteiger partial charge in [-0.2, -0.15) is 0 Å². The molecule has 24 heavy (non-hydrogen) atoms. The molecule has 0 aliphatic heterocycles. The molecule has 2 aromatic rings. The number of carbonyl (C=O) groups excluding carboxylic acids is 2. The van der Waals surface area contributed by atoms with Crippen molar-refractivity contribution in [2.45, 2.75) is 26.7 Å². The quantitative estimate of drug-likeness (QED) is 0.813. The van der Waals surface area contributed by atoms with Gasteiger partial charge >= 0.3 is 0 Å². The molecule has 0 unspecified atom stereocenters. The Labute approximate surface area is 146 Å². The number of nitrogens with one attached hydrogen (secondary N) is 2. The average molecular weight is 343 g/mol. The lowest BCUT2D eigenvalue weighted by atomic mass is 10.0. The van der Waals surface area contributed by atoms with Crippen LogP contribution in [0.5, 0.6) is 0 Å². The molecule has 0 heterocycles. The van der Waals surface area contributed by atoms with Crippen molar-refractivity contribution in [3.05, 3.63) is 58.6 Å². The van der Waals surface area contributed by atoms with Crippen LogP contribution in [0.15, 0.2) is 42.5 Å². The zero-order valence-corrected chi connectivity index (χ0v) is 14.4. The fourth-order valence-electron chi connectivity index (χ4n) is 2.67. The van der Waals surface area contributed by atoms with Gasteiger partial charge in [-0.15, -0.1) is 0 Å². The Kier molecular flexibility index (Phi) is 4.33. The first-order valence-electron chi connectivity index (χ1n) is 7.86. The second-order valence-electron chi connectivity index (χ2n) is 6.32. The van der Waals surface area contributed by atoms with Gasteiger partial charge in [-0.1, -0.05) is 23.7 Å². The standard InChI is InChI=1S/C19H19ClN2O2/c1-12-4-3-5-15(10-12)21-17(23)19(8-9-19)18(24)22-16-7-6-14(20)11-13(16)2/h3-7,10-11H,8-9H2,1-2H3,(H,21,23)(H,22,24). The number of carbonyl (C=O) groups is 2. The van der Waals surface area contributed by atoms with Crippen LogP contribution in [0.25, 0.3) is 0 Å². The third-order valence-corrected chi connectivity index (χ3v) is 4.57. The number of benzene rings is 2. The third-order valence-electron chi connectivity index (χ3n) is 4.33. The summed E-state index contributed by atoms with van der Waals surface area (Å²) in [5.74, 6) is -0.518. The number of hydrogen-bond acceptors (Lipinski definition) is 2. The first-order valence-corrected chi connectivity index (χ1v) is 8.24. The van der Waals surface area contributed by atoms with E-state index in [-0.39, 0.29) is 11.8 Å². The van der Waals surface area contributed by atoms with Crippen LogP contribution < -0.4 is 10.6 Å². The van der Waals surface area contributed by atoms with Crippen LogP contribution in [0.4, 0.5) is 11.4 Å². The molecule has 2 amide bonds. The van der Waals surface area contributed by atoms with E-state index >= 15 is 0 Å². The van der Waals surface area contributed by atoms with Gasteiger partial charge in [0.15, 0.2) is 0 Å². The summed E-state index contributed by atoms with van der Waals surface area (Å²) in [5, 5.41) is 6.33. The normalized spacial score (nSPS) is 14.8. The van der Waals surface area contributed by atoms with E-state index in [1.54, 1.807) is 18.2 Å². The molecule has 0 saturated heterocycles. The summed E-state index contributed by atoms with van der Waals surface area (Å²) in [6, 6.07) is 12.8. The second kappa shape index (κ2) is 6.29. The smallest absolute Gasteiger partial charge is 0.240 e. The predicted molar refractivity (Wildman–Crippen MR) is 96.3 cm³/mol. The molecule has 2 N–H and O–H groups in total. The Balaban J connectivity index is 1.73. The van der Waals surface area contributed by atoms with E-state index in [0.717, 1.165) is 11.1 Å². The van der Waals surface area contributed by atoms with E-state index in [9.17, 15) is 9.59 Å². The molecular formula is C19H19ClN2O2. The molecule has 1 aliphatic rings. The van der Waals surface area contributed by atoms with E-state index in [4.69, 9.17) is 11.6 Å². The van der Waals surface area contributed by atoms with Crippen LogP contribution in [-0.2, 0) is 9.59 Å². The maximum absolute atomic E-state index is 12.6. The fraction of sp³-hybridized carbons (Fsp3) is 0.263. The fourth-order valence-corrected chi connectivity index (χ4v) is 2.89. The molecule has 124 valence electrons. The molecule has 0 bridgehead atoms. The Morgan fingerprint density at radius 2 is 1.71 bits per heavy atom. The van der Waals surface area contributed by atoms with Crippen molar-refractivity contribution in [2.75, 3.05) is 10.6 Å². The summed E-state index contributed by atoms with van der Waals surface area (Å²) >= 11 is 5.93. The van der Waals surface area contributed by atoms with Crippen molar-refractivity contribution in [1.29, 1.82) is 0 Å². The number of hydrogen-bond donors (Lipinski definition) is 2. The van der Waals surface area contributed by atoms with Crippen LogP contribution in [0.2, 0.25) is 5.02 Å². The average Bonchev–Trinajstić information content (AvgIpc) is 3.32. The van der Waals surface area contributed by atoms with Crippen LogP contribution in [0.1, 0.15) is 24.0 Å². The summed E-state index contributed by atoms with van der Waals surface area (Å²) < 4.78 is 0. The predicted octanol–water partition coefficient (Wildman–Crippen LogP) is 4.31. The van der Waals surface area contributed by atoms with Gasteiger partial charge in [0.05, 0.1) is 0 Å². The monoisotopic (exact) mass is 342 g/mol.